The van der Waals surface area contributed by atoms with Crippen LogP contribution in [0.25, 0.3) is 0 Å². The number of ether oxygens (including phenoxy) is 1. The molecule has 2 amide bonds. The molecule has 0 aliphatic carbocycles. The first-order chi connectivity index (χ1) is 14.0. The number of amides is 2. The summed E-state index contributed by atoms with van der Waals surface area (Å²) in [6, 6.07) is 10.9. The van der Waals surface area contributed by atoms with Gasteiger partial charge in [-0.3, -0.25) is 9.59 Å². The van der Waals surface area contributed by atoms with E-state index < -0.39 is 6.04 Å². The molecule has 0 aliphatic heterocycles. The van der Waals surface area contributed by atoms with E-state index in [4.69, 9.17) is 4.74 Å². The van der Waals surface area contributed by atoms with E-state index in [9.17, 15) is 14.0 Å². The van der Waals surface area contributed by atoms with Crippen molar-refractivity contribution in [1.82, 2.24) is 10.2 Å². The molecule has 1 atom stereocenters. The Labute approximate surface area is 185 Å². The van der Waals surface area contributed by atoms with Crippen LogP contribution in [-0.4, -0.2) is 36.4 Å². The summed E-state index contributed by atoms with van der Waals surface area (Å²) in [6.45, 7) is 7.94. The van der Waals surface area contributed by atoms with Gasteiger partial charge < -0.3 is 15.0 Å². The second kappa shape index (κ2) is 10.1. The van der Waals surface area contributed by atoms with Crippen molar-refractivity contribution in [2.24, 2.45) is 0 Å². The summed E-state index contributed by atoms with van der Waals surface area (Å²) in [5.74, 6) is -0.447. The van der Waals surface area contributed by atoms with Gasteiger partial charge in [-0.25, -0.2) is 4.39 Å². The van der Waals surface area contributed by atoms with Crippen LogP contribution in [-0.2, 0) is 21.5 Å². The Balaban J connectivity index is 2.15. The number of likely N-dealkylation sites (N-methyl/N-ethyl adjacent to an activating group) is 1. The van der Waals surface area contributed by atoms with E-state index in [-0.39, 0.29) is 36.2 Å². The molecule has 0 saturated carbocycles. The zero-order valence-electron chi connectivity index (χ0n) is 18.0. The van der Waals surface area contributed by atoms with Gasteiger partial charge in [0.2, 0.25) is 5.91 Å². The third-order valence-electron chi connectivity index (χ3n) is 4.83. The summed E-state index contributed by atoms with van der Waals surface area (Å²) < 4.78 is 19.7. The number of nitrogens with one attached hydrogen (secondary N) is 1. The summed E-state index contributed by atoms with van der Waals surface area (Å²) >= 11 is 3.50. The molecule has 2 aromatic carbocycles. The van der Waals surface area contributed by atoms with Crippen LogP contribution in [0, 0.1) is 5.82 Å². The molecule has 162 valence electrons. The third kappa shape index (κ3) is 6.29. The number of nitrogens with zero attached hydrogens (tertiary/aromatic N) is 1. The molecule has 0 aliphatic rings. The van der Waals surface area contributed by atoms with Crippen molar-refractivity contribution in [3.05, 3.63) is 63.9 Å². The lowest BCUT2D eigenvalue weighted by Crippen LogP contribution is -2.48. The fourth-order valence-corrected chi connectivity index (χ4v) is 3.38. The fourth-order valence-electron chi connectivity index (χ4n) is 2.88. The highest BCUT2D eigenvalue weighted by atomic mass is 79.9. The van der Waals surface area contributed by atoms with Crippen molar-refractivity contribution < 1.29 is 18.7 Å². The molecule has 5 nitrogen and oxygen atoms in total. The minimum Gasteiger partial charge on any atom is -0.483 e. The predicted molar refractivity (Wildman–Crippen MR) is 119 cm³/mol. The molecule has 0 unspecified atom stereocenters. The SMILES string of the molecule is CNC(=O)[C@@H](C)N(Cc1ccc(F)cc1)C(=O)COc1ccc(C(C)(C)C)cc1Br. The van der Waals surface area contributed by atoms with Crippen molar-refractivity contribution in [1.29, 1.82) is 0 Å². The Morgan fingerprint density at radius 1 is 1.17 bits per heavy atom. The third-order valence-corrected chi connectivity index (χ3v) is 5.45. The van der Waals surface area contributed by atoms with E-state index in [0.717, 1.165) is 15.6 Å². The van der Waals surface area contributed by atoms with Crippen molar-refractivity contribution in [2.75, 3.05) is 13.7 Å². The Morgan fingerprint density at radius 3 is 2.33 bits per heavy atom. The van der Waals surface area contributed by atoms with Crippen molar-refractivity contribution in [3.8, 4) is 5.75 Å². The molecule has 2 aromatic rings. The van der Waals surface area contributed by atoms with E-state index in [2.05, 4.69) is 42.0 Å². The Morgan fingerprint density at radius 2 is 1.80 bits per heavy atom. The van der Waals surface area contributed by atoms with Gasteiger partial charge in [0.25, 0.3) is 5.91 Å². The zero-order chi connectivity index (χ0) is 22.5. The van der Waals surface area contributed by atoms with E-state index in [1.165, 1.54) is 24.1 Å². The molecule has 1 N–H and O–H groups in total. The average Bonchev–Trinajstić information content (AvgIpc) is 2.70. The first kappa shape index (κ1) is 23.9. The molecule has 0 spiro atoms. The summed E-state index contributed by atoms with van der Waals surface area (Å²) in [5, 5.41) is 2.56. The van der Waals surface area contributed by atoms with Crippen LogP contribution in [0.3, 0.4) is 0 Å². The quantitative estimate of drug-likeness (QED) is 0.640. The first-order valence-electron chi connectivity index (χ1n) is 9.71. The summed E-state index contributed by atoms with van der Waals surface area (Å²) in [4.78, 5) is 26.5. The van der Waals surface area contributed by atoms with Gasteiger partial charge in [-0.2, -0.15) is 0 Å². The Kier molecular flexibility index (Phi) is 8.01. The topological polar surface area (TPSA) is 58.6 Å². The lowest BCUT2D eigenvalue weighted by atomic mass is 9.87. The van der Waals surface area contributed by atoms with Crippen LogP contribution in [0.15, 0.2) is 46.9 Å². The van der Waals surface area contributed by atoms with Crippen LogP contribution >= 0.6 is 15.9 Å². The fraction of sp³-hybridized carbons (Fsp3) is 0.391. The van der Waals surface area contributed by atoms with Gasteiger partial charge in [-0.05, 0) is 63.7 Å². The summed E-state index contributed by atoms with van der Waals surface area (Å²) in [7, 11) is 1.52. The molecule has 30 heavy (non-hydrogen) atoms. The highest BCUT2D eigenvalue weighted by Crippen LogP contribution is 2.31. The maximum Gasteiger partial charge on any atom is 0.261 e. The van der Waals surface area contributed by atoms with E-state index in [1.54, 1.807) is 19.1 Å². The summed E-state index contributed by atoms with van der Waals surface area (Å²) in [6.07, 6.45) is 0. The molecular formula is C23H28BrFN2O3. The van der Waals surface area contributed by atoms with Gasteiger partial charge in [-0.1, -0.05) is 39.0 Å². The van der Waals surface area contributed by atoms with Crippen molar-refractivity contribution in [3.63, 3.8) is 0 Å². The van der Waals surface area contributed by atoms with Crippen LogP contribution in [0.5, 0.6) is 5.75 Å². The van der Waals surface area contributed by atoms with Crippen molar-refractivity contribution >= 4 is 27.7 Å². The molecule has 2 rings (SSSR count). The van der Waals surface area contributed by atoms with Gasteiger partial charge in [0.1, 0.15) is 17.6 Å². The smallest absolute Gasteiger partial charge is 0.261 e. The number of carbonyl (C=O) groups excluding carboxylic acids is 2. The number of hydrogen-bond donors (Lipinski definition) is 1. The molecule has 0 radical (unpaired) electrons. The Hall–Kier alpha value is -2.41. The minimum absolute atomic E-state index is 0.00816. The van der Waals surface area contributed by atoms with Gasteiger partial charge in [0, 0.05) is 13.6 Å². The molecule has 0 heterocycles. The average molecular weight is 479 g/mol. The molecule has 0 fully saturated rings. The van der Waals surface area contributed by atoms with E-state index >= 15 is 0 Å². The highest BCUT2D eigenvalue weighted by molar-refractivity contribution is 9.10. The van der Waals surface area contributed by atoms with Crippen LogP contribution in [0.1, 0.15) is 38.8 Å². The molecule has 0 bridgehead atoms. The first-order valence-corrected chi connectivity index (χ1v) is 10.5. The van der Waals surface area contributed by atoms with Crippen molar-refractivity contribution in [2.45, 2.75) is 45.7 Å². The monoisotopic (exact) mass is 478 g/mol. The lowest BCUT2D eigenvalue weighted by molar-refractivity contribution is -0.142. The Bertz CT molecular complexity index is 894. The maximum absolute atomic E-state index is 13.2. The number of halogens is 2. The van der Waals surface area contributed by atoms with Gasteiger partial charge in [-0.15, -0.1) is 0 Å². The largest absolute Gasteiger partial charge is 0.483 e. The minimum atomic E-state index is -0.706. The normalized spacial score (nSPS) is 12.2. The van der Waals surface area contributed by atoms with Gasteiger partial charge >= 0.3 is 0 Å². The number of rotatable bonds is 7. The maximum atomic E-state index is 13.2. The van der Waals surface area contributed by atoms with Crippen LogP contribution in [0.2, 0.25) is 0 Å². The second-order valence-electron chi connectivity index (χ2n) is 8.12. The highest BCUT2D eigenvalue weighted by Gasteiger charge is 2.26. The number of hydrogen-bond acceptors (Lipinski definition) is 3. The zero-order valence-corrected chi connectivity index (χ0v) is 19.5. The number of carbonyl (C=O) groups is 2. The van der Waals surface area contributed by atoms with Gasteiger partial charge in [0.15, 0.2) is 6.61 Å². The van der Waals surface area contributed by atoms with E-state index in [1.807, 2.05) is 18.2 Å². The standard InChI is InChI=1S/C23H28BrFN2O3/c1-15(22(29)26-5)27(13-16-6-9-18(25)10-7-16)21(28)14-30-20-11-8-17(12-19(20)24)23(2,3)4/h6-12,15H,13-14H2,1-5H3,(H,26,29)/t15-/m1/s1. The van der Waals surface area contributed by atoms with Crippen LogP contribution in [0.4, 0.5) is 4.39 Å². The van der Waals surface area contributed by atoms with E-state index in [0.29, 0.717) is 5.75 Å². The van der Waals surface area contributed by atoms with Gasteiger partial charge in [0.05, 0.1) is 4.47 Å². The lowest BCUT2D eigenvalue weighted by Gasteiger charge is -2.28. The predicted octanol–water partition coefficient (Wildman–Crippen LogP) is 4.43. The molecular weight excluding hydrogens is 451 g/mol. The number of benzene rings is 2. The van der Waals surface area contributed by atoms with Crippen LogP contribution < -0.4 is 10.1 Å². The second-order valence-corrected chi connectivity index (χ2v) is 8.98. The molecule has 0 aromatic heterocycles. The molecule has 0 saturated heterocycles. The molecule has 7 heteroatoms. The summed E-state index contributed by atoms with van der Waals surface area (Å²) in [5.41, 5.74) is 1.85.